The van der Waals surface area contributed by atoms with Gasteiger partial charge in [-0.05, 0) is 49.2 Å². The number of aromatic nitrogens is 2. The van der Waals surface area contributed by atoms with Gasteiger partial charge in [-0.15, -0.1) is 0 Å². The number of carbonyl (C=O) groups is 1. The average Bonchev–Trinajstić information content (AvgIpc) is 2.56. The molecule has 0 radical (unpaired) electrons. The molecule has 1 aliphatic heterocycles. The van der Waals surface area contributed by atoms with Crippen molar-refractivity contribution < 1.29 is 4.79 Å². The van der Waals surface area contributed by atoms with Crippen molar-refractivity contribution in [3.8, 4) is 0 Å². The second kappa shape index (κ2) is 5.53. The Morgan fingerprint density at radius 1 is 1.56 bits per heavy atom. The fraction of sp³-hybridized carbons (Fsp3) is 0.692. The molecule has 100 valence electrons. The lowest BCUT2D eigenvalue weighted by atomic mass is 9.94. The fourth-order valence-corrected chi connectivity index (χ4v) is 3.06. The van der Waals surface area contributed by atoms with E-state index in [9.17, 15) is 4.79 Å². The Morgan fingerprint density at radius 3 is 2.83 bits per heavy atom. The summed E-state index contributed by atoms with van der Waals surface area (Å²) in [5.41, 5.74) is 2.21. The molecular weight excluding hydrogens is 294 g/mol. The minimum absolute atomic E-state index is 0.215. The number of hydrogen-bond acceptors (Lipinski definition) is 3. The second-order valence-corrected chi connectivity index (χ2v) is 5.95. The Labute approximate surface area is 116 Å². The van der Waals surface area contributed by atoms with Crippen LogP contribution in [0.25, 0.3) is 0 Å². The van der Waals surface area contributed by atoms with Crippen molar-refractivity contribution >= 4 is 21.7 Å². The second-order valence-electron chi connectivity index (χ2n) is 5.15. The third kappa shape index (κ3) is 2.83. The van der Waals surface area contributed by atoms with Crippen LogP contribution in [0.5, 0.6) is 0 Å². The van der Waals surface area contributed by atoms with E-state index in [1.807, 2.05) is 18.7 Å². The highest BCUT2D eigenvalue weighted by Gasteiger charge is 2.24. The molecule has 1 aromatic rings. The number of ketones is 1. The van der Waals surface area contributed by atoms with E-state index < -0.39 is 0 Å². The topological polar surface area (TPSA) is 38.1 Å². The first-order valence-electron chi connectivity index (χ1n) is 6.39. The lowest BCUT2D eigenvalue weighted by Gasteiger charge is -2.31. The van der Waals surface area contributed by atoms with E-state index in [-0.39, 0.29) is 5.92 Å². The zero-order valence-electron chi connectivity index (χ0n) is 11.2. The first kappa shape index (κ1) is 13.7. The summed E-state index contributed by atoms with van der Waals surface area (Å²) in [6.07, 6.45) is 2.15. The van der Waals surface area contributed by atoms with E-state index in [0.717, 1.165) is 42.6 Å². The monoisotopic (exact) mass is 313 g/mol. The number of Topliss-reactive ketones (excluding diaryl/α,β-unsaturated/α-hetero) is 1. The van der Waals surface area contributed by atoms with Crippen molar-refractivity contribution in [1.82, 2.24) is 14.7 Å². The molecule has 0 bridgehead atoms. The van der Waals surface area contributed by atoms with Crippen molar-refractivity contribution in [3.63, 3.8) is 0 Å². The molecule has 1 atom stereocenters. The molecule has 1 aromatic heterocycles. The first-order chi connectivity index (χ1) is 8.49. The Bertz CT molecular complexity index is 455. The summed E-state index contributed by atoms with van der Waals surface area (Å²) in [7, 11) is 1.97. The summed E-state index contributed by atoms with van der Waals surface area (Å²) in [5, 5.41) is 4.41. The van der Waals surface area contributed by atoms with Gasteiger partial charge in [0, 0.05) is 26.1 Å². The van der Waals surface area contributed by atoms with Gasteiger partial charge in [0.25, 0.3) is 0 Å². The van der Waals surface area contributed by atoms with Crippen LogP contribution in [0.2, 0.25) is 0 Å². The molecule has 4 nitrogen and oxygen atoms in total. The standard InChI is InChI=1S/C13H20BrN3O/c1-9-13(14)12(16(3)15-9)8-17-6-4-5-11(7-17)10(2)18/h11H,4-8H2,1-3H3. The van der Waals surface area contributed by atoms with Crippen LogP contribution in [0.4, 0.5) is 0 Å². The van der Waals surface area contributed by atoms with Crippen LogP contribution in [-0.4, -0.2) is 33.6 Å². The predicted molar refractivity (Wildman–Crippen MR) is 74.3 cm³/mol. The molecule has 0 saturated carbocycles. The van der Waals surface area contributed by atoms with Gasteiger partial charge in [0.2, 0.25) is 0 Å². The maximum Gasteiger partial charge on any atom is 0.134 e. The van der Waals surface area contributed by atoms with Gasteiger partial charge in [0.15, 0.2) is 0 Å². The van der Waals surface area contributed by atoms with Gasteiger partial charge < -0.3 is 0 Å². The van der Waals surface area contributed by atoms with Crippen LogP contribution in [0.15, 0.2) is 4.47 Å². The van der Waals surface area contributed by atoms with Crippen molar-refractivity contribution in [1.29, 1.82) is 0 Å². The Balaban J connectivity index is 2.07. The molecule has 1 unspecified atom stereocenters. The van der Waals surface area contributed by atoms with Crippen molar-refractivity contribution in [2.45, 2.75) is 33.2 Å². The van der Waals surface area contributed by atoms with Crippen molar-refractivity contribution in [2.24, 2.45) is 13.0 Å². The molecule has 18 heavy (non-hydrogen) atoms. The molecule has 0 amide bonds. The van der Waals surface area contributed by atoms with Crippen LogP contribution in [0, 0.1) is 12.8 Å². The Morgan fingerprint density at radius 2 is 2.28 bits per heavy atom. The molecule has 5 heteroatoms. The molecule has 0 spiro atoms. The molecule has 0 aliphatic carbocycles. The minimum atomic E-state index is 0.215. The van der Waals surface area contributed by atoms with Crippen LogP contribution in [0.3, 0.4) is 0 Å². The van der Waals surface area contributed by atoms with Crippen molar-refractivity contribution in [3.05, 3.63) is 15.9 Å². The van der Waals surface area contributed by atoms with Gasteiger partial charge in [-0.25, -0.2) is 0 Å². The maximum absolute atomic E-state index is 11.5. The maximum atomic E-state index is 11.5. The lowest BCUT2D eigenvalue weighted by Crippen LogP contribution is -2.38. The normalized spacial score (nSPS) is 21.2. The summed E-state index contributed by atoms with van der Waals surface area (Å²) in [5.74, 6) is 0.534. The minimum Gasteiger partial charge on any atom is -0.300 e. The van der Waals surface area contributed by atoms with E-state index >= 15 is 0 Å². The highest BCUT2D eigenvalue weighted by atomic mass is 79.9. The van der Waals surface area contributed by atoms with Crippen LogP contribution in [-0.2, 0) is 18.4 Å². The zero-order valence-corrected chi connectivity index (χ0v) is 12.8. The molecule has 0 N–H and O–H groups in total. The molecule has 1 saturated heterocycles. The summed E-state index contributed by atoms with van der Waals surface area (Å²) >= 11 is 3.59. The number of carbonyl (C=O) groups excluding carboxylic acids is 1. The van der Waals surface area contributed by atoms with Gasteiger partial charge in [-0.3, -0.25) is 14.4 Å². The molecular formula is C13H20BrN3O. The van der Waals surface area contributed by atoms with Gasteiger partial charge in [-0.1, -0.05) is 0 Å². The zero-order chi connectivity index (χ0) is 13.3. The smallest absolute Gasteiger partial charge is 0.134 e. The van der Waals surface area contributed by atoms with Crippen LogP contribution < -0.4 is 0 Å². The number of hydrogen-bond donors (Lipinski definition) is 0. The average molecular weight is 314 g/mol. The lowest BCUT2D eigenvalue weighted by molar-refractivity contribution is -0.122. The number of nitrogens with zero attached hydrogens (tertiary/aromatic N) is 3. The first-order valence-corrected chi connectivity index (χ1v) is 7.19. The molecule has 1 fully saturated rings. The number of rotatable bonds is 3. The fourth-order valence-electron chi connectivity index (χ4n) is 2.59. The summed E-state index contributed by atoms with van der Waals surface area (Å²) in [6.45, 7) is 6.52. The van der Waals surface area contributed by atoms with Crippen LogP contribution in [0.1, 0.15) is 31.2 Å². The number of piperidine rings is 1. The van der Waals surface area contributed by atoms with E-state index in [1.54, 1.807) is 6.92 Å². The summed E-state index contributed by atoms with van der Waals surface area (Å²) < 4.78 is 3.02. The quantitative estimate of drug-likeness (QED) is 0.859. The molecule has 1 aliphatic rings. The van der Waals surface area contributed by atoms with E-state index in [1.165, 1.54) is 5.69 Å². The predicted octanol–water partition coefficient (Wildman–Crippen LogP) is 2.29. The number of halogens is 1. The molecule has 2 rings (SSSR count). The van der Waals surface area contributed by atoms with E-state index in [2.05, 4.69) is 25.9 Å². The van der Waals surface area contributed by atoms with Crippen molar-refractivity contribution in [2.75, 3.05) is 13.1 Å². The van der Waals surface area contributed by atoms with E-state index in [4.69, 9.17) is 0 Å². The van der Waals surface area contributed by atoms with Gasteiger partial charge >= 0.3 is 0 Å². The molecule has 2 heterocycles. The molecule has 0 aromatic carbocycles. The van der Waals surface area contributed by atoms with Gasteiger partial charge in [0.05, 0.1) is 15.9 Å². The van der Waals surface area contributed by atoms with Crippen LogP contribution >= 0.6 is 15.9 Å². The highest BCUT2D eigenvalue weighted by Crippen LogP contribution is 2.24. The third-order valence-corrected chi connectivity index (χ3v) is 4.75. The number of aryl methyl sites for hydroxylation is 2. The third-order valence-electron chi connectivity index (χ3n) is 3.72. The summed E-state index contributed by atoms with van der Waals surface area (Å²) in [6, 6.07) is 0. The van der Waals surface area contributed by atoms with Gasteiger partial charge in [0.1, 0.15) is 5.78 Å². The SMILES string of the molecule is CC(=O)C1CCCN(Cc2c(Br)c(C)nn2C)C1. The number of likely N-dealkylation sites (tertiary alicyclic amines) is 1. The Kier molecular flexibility index (Phi) is 4.22. The highest BCUT2D eigenvalue weighted by molar-refractivity contribution is 9.10. The summed E-state index contributed by atoms with van der Waals surface area (Å²) in [4.78, 5) is 13.8. The van der Waals surface area contributed by atoms with Gasteiger partial charge in [-0.2, -0.15) is 5.10 Å². The van der Waals surface area contributed by atoms with E-state index in [0.29, 0.717) is 5.78 Å². The largest absolute Gasteiger partial charge is 0.300 e. The Hall–Kier alpha value is -0.680.